The van der Waals surface area contributed by atoms with Crippen LogP contribution in [0.15, 0.2) is 47.3 Å². The van der Waals surface area contributed by atoms with Gasteiger partial charge in [0.2, 0.25) is 17.6 Å². The minimum absolute atomic E-state index is 0.00471. The fraction of sp³-hybridized carbons (Fsp3) is 0.484. The van der Waals surface area contributed by atoms with E-state index in [1.54, 1.807) is 17.1 Å². The van der Waals surface area contributed by atoms with E-state index >= 15 is 0 Å². The van der Waals surface area contributed by atoms with Gasteiger partial charge in [-0.3, -0.25) is 14.4 Å². The zero-order chi connectivity index (χ0) is 29.3. The summed E-state index contributed by atoms with van der Waals surface area (Å²) in [5.74, 6) is 0.968. The van der Waals surface area contributed by atoms with Crippen LogP contribution in [0.5, 0.6) is 0 Å². The summed E-state index contributed by atoms with van der Waals surface area (Å²) in [7, 11) is 1.87. The molecule has 1 atom stereocenters. The van der Waals surface area contributed by atoms with Gasteiger partial charge >= 0.3 is 0 Å². The summed E-state index contributed by atoms with van der Waals surface area (Å²) in [5.41, 5.74) is 4.79. The van der Waals surface area contributed by atoms with Crippen LogP contribution in [0.4, 0.5) is 11.6 Å². The van der Waals surface area contributed by atoms with E-state index in [0.717, 1.165) is 62.5 Å². The van der Waals surface area contributed by atoms with Gasteiger partial charge in [0.1, 0.15) is 0 Å². The molecule has 11 heteroatoms. The Labute approximate surface area is 245 Å². The van der Waals surface area contributed by atoms with Gasteiger partial charge in [0.15, 0.2) is 0 Å². The van der Waals surface area contributed by atoms with Gasteiger partial charge in [0.05, 0.1) is 17.6 Å². The monoisotopic (exact) mass is 570 g/mol. The van der Waals surface area contributed by atoms with E-state index in [4.69, 9.17) is 14.1 Å². The maximum atomic E-state index is 13.5. The van der Waals surface area contributed by atoms with Crippen LogP contribution in [-0.2, 0) is 23.6 Å². The zero-order valence-electron chi connectivity index (χ0n) is 24.7. The Morgan fingerprint density at radius 2 is 1.98 bits per heavy atom. The highest BCUT2D eigenvalue weighted by Crippen LogP contribution is 2.34. The first kappa shape index (κ1) is 28.2. The van der Waals surface area contributed by atoms with Crippen molar-refractivity contribution < 1.29 is 13.9 Å². The first-order valence-corrected chi connectivity index (χ1v) is 14.6. The summed E-state index contributed by atoms with van der Waals surface area (Å²) < 4.78 is 13.2. The van der Waals surface area contributed by atoms with Crippen molar-refractivity contribution in [1.82, 2.24) is 34.8 Å². The summed E-state index contributed by atoms with van der Waals surface area (Å²) >= 11 is 0. The molecule has 5 heterocycles. The van der Waals surface area contributed by atoms with Gasteiger partial charge in [0, 0.05) is 75.1 Å². The second kappa shape index (κ2) is 11.7. The van der Waals surface area contributed by atoms with Gasteiger partial charge in [-0.25, -0.2) is 9.97 Å². The van der Waals surface area contributed by atoms with Crippen molar-refractivity contribution in [3.8, 4) is 11.3 Å². The van der Waals surface area contributed by atoms with Gasteiger partial charge in [0.25, 0.3) is 5.89 Å². The van der Waals surface area contributed by atoms with Gasteiger partial charge in [-0.05, 0) is 42.5 Å². The molecular formula is C31H38N8O3. The van der Waals surface area contributed by atoms with E-state index in [1.807, 2.05) is 40.1 Å². The predicted octanol–water partition coefficient (Wildman–Crippen LogP) is 4.69. The van der Waals surface area contributed by atoms with Crippen molar-refractivity contribution in [2.75, 3.05) is 31.6 Å². The minimum atomic E-state index is -0.314. The highest BCUT2D eigenvalue weighted by molar-refractivity contribution is 5.92. The van der Waals surface area contributed by atoms with Crippen LogP contribution in [0, 0.1) is 0 Å². The van der Waals surface area contributed by atoms with Crippen LogP contribution in [0.1, 0.15) is 73.7 Å². The number of hydrogen-bond donors (Lipinski definition) is 1. The number of hydrogen-bond acceptors (Lipinski definition) is 10. The summed E-state index contributed by atoms with van der Waals surface area (Å²) in [5, 5.41) is 15.7. The van der Waals surface area contributed by atoms with Gasteiger partial charge in [-0.2, -0.15) is 5.10 Å². The van der Waals surface area contributed by atoms with Crippen LogP contribution in [0.25, 0.3) is 11.3 Å². The van der Waals surface area contributed by atoms with Crippen LogP contribution in [0.2, 0.25) is 0 Å². The summed E-state index contributed by atoms with van der Waals surface area (Å²) in [4.78, 5) is 25.2. The van der Waals surface area contributed by atoms with E-state index < -0.39 is 0 Å². The number of carbonyl (C=O) groups is 1. The SMILES string of the molecule is Cn1cc(Nc2nccc(-c3ccc4c(c3)CCN(C3CCOCC3)CC4CC(=O)c3nnc(C(C)(C)C)o3)n2)cn1. The number of aromatic nitrogens is 6. The lowest BCUT2D eigenvalue weighted by molar-refractivity contribution is 0.0327. The number of nitrogens with one attached hydrogen (secondary N) is 1. The Balaban J connectivity index is 1.28. The number of aryl methyl sites for hydroxylation is 1. The van der Waals surface area contributed by atoms with Crippen LogP contribution < -0.4 is 5.32 Å². The molecule has 0 spiro atoms. The quantitative estimate of drug-likeness (QED) is 0.313. The molecule has 42 heavy (non-hydrogen) atoms. The van der Waals surface area contributed by atoms with Crippen molar-refractivity contribution >= 4 is 17.4 Å². The minimum Gasteiger partial charge on any atom is -0.418 e. The maximum absolute atomic E-state index is 13.5. The Morgan fingerprint density at radius 1 is 1.14 bits per heavy atom. The number of ether oxygens (including phenoxy) is 1. The molecule has 1 aromatic carbocycles. The summed E-state index contributed by atoms with van der Waals surface area (Å²) in [6.45, 7) is 9.28. The first-order chi connectivity index (χ1) is 20.2. The largest absolute Gasteiger partial charge is 0.418 e. The van der Waals surface area contributed by atoms with Gasteiger partial charge in [-0.15, -0.1) is 10.2 Å². The number of rotatable bonds is 7. The standard InChI is InChI=1S/C31H38N8O3/c1-31(2,3)29-37-36-28(42-29)27(40)16-22-18-39(24-9-13-41-14-10-24)12-8-20-15-21(5-6-25(20)22)26-7-11-32-30(35-26)34-23-17-33-38(4)19-23/h5-7,11,15,17,19,22,24H,8-10,12-14,16,18H2,1-4H3,(H,32,34,35). The molecule has 0 radical (unpaired) electrons. The Bertz CT molecular complexity index is 1550. The van der Waals surface area contributed by atoms with Crippen molar-refractivity contribution in [2.45, 2.75) is 63.8 Å². The molecule has 0 amide bonds. The lowest BCUT2D eigenvalue weighted by Gasteiger charge is -2.35. The number of Topliss-reactive ketones (excluding diaryl/α,β-unsaturated/α-hetero) is 1. The highest BCUT2D eigenvalue weighted by atomic mass is 16.5. The number of nitrogens with zero attached hydrogens (tertiary/aromatic N) is 7. The van der Waals surface area contributed by atoms with Crippen molar-refractivity contribution in [3.05, 3.63) is 65.8 Å². The van der Waals surface area contributed by atoms with E-state index in [9.17, 15) is 4.79 Å². The second-order valence-corrected chi connectivity index (χ2v) is 12.3. The Morgan fingerprint density at radius 3 is 2.71 bits per heavy atom. The smallest absolute Gasteiger partial charge is 0.284 e. The third-order valence-electron chi connectivity index (χ3n) is 8.06. The molecule has 0 aliphatic carbocycles. The fourth-order valence-corrected chi connectivity index (χ4v) is 5.82. The first-order valence-electron chi connectivity index (χ1n) is 14.6. The number of anilines is 2. The van der Waals surface area contributed by atoms with E-state index in [1.165, 1.54) is 11.1 Å². The van der Waals surface area contributed by atoms with Crippen LogP contribution >= 0.6 is 0 Å². The maximum Gasteiger partial charge on any atom is 0.284 e. The lowest BCUT2D eigenvalue weighted by atomic mass is 9.88. The number of carbonyl (C=O) groups excluding carboxylic acids is 1. The Kier molecular flexibility index (Phi) is 7.87. The molecule has 220 valence electrons. The average molecular weight is 571 g/mol. The molecule has 0 saturated carbocycles. The van der Waals surface area contributed by atoms with E-state index in [0.29, 0.717) is 24.3 Å². The molecule has 0 bridgehead atoms. The van der Waals surface area contributed by atoms with Crippen molar-refractivity contribution in [2.24, 2.45) is 7.05 Å². The lowest BCUT2D eigenvalue weighted by Crippen LogP contribution is -2.42. The van der Waals surface area contributed by atoms with Crippen molar-refractivity contribution in [3.63, 3.8) is 0 Å². The van der Waals surface area contributed by atoms with Gasteiger partial charge in [-0.1, -0.05) is 32.9 Å². The third-order valence-corrected chi connectivity index (χ3v) is 8.06. The molecule has 1 N–H and O–H groups in total. The molecule has 1 fully saturated rings. The van der Waals surface area contributed by atoms with E-state index in [-0.39, 0.29) is 23.0 Å². The van der Waals surface area contributed by atoms with E-state index in [2.05, 4.69) is 48.7 Å². The molecule has 6 rings (SSSR count). The molecular weight excluding hydrogens is 532 g/mol. The normalized spacial score (nSPS) is 18.4. The molecule has 3 aromatic heterocycles. The molecule has 11 nitrogen and oxygen atoms in total. The Hall–Kier alpha value is -3.96. The molecule has 2 aliphatic rings. The third kappa shape index (κ3) is 6.27. The predicted molar refractivity (Wildman–Crippen MR) is 158 cm³/mol. The van der Waals surface area contributed by atoms with Gasteiger partial charge < -0.3 is 14.5 Å². The molecule has 4 aromatic rings. The van der Waals surface area contributed by atoms with Crippen LogP contribution in [-0.4, -0.2) is 73.0 Å². The number of benzene rings is 1. The topological polar surface area (TPSA) is 124 Å². The van der Waals surface area contributed by atoms with Crippen molar-refractivity contribution in [1.29, 1.82) is 0 Å². The zero-order valence-corrected chi connectivity index (χ0v) is 24.7. The average Bonchev–Trinajstić information content (AvgIpc) is 3.61. The molecule has 2 aliphatic heterocycles. The number of fused-ring (bicyclic) bond motifs is 1. The second-order valence-electron chi connectivity index (χ2n) is 12.3. The summed E-state index contributed by atoms with van der Waals surface area (Å²) in [6, 6.07) is 8.86. The summed E-state index contributed by atoms with van der Waals surface area (Å²) in [6.07, 6.45) is 8.60. The molecule has 1 unspecified atom stereocenters. The number of ketones is 1. The highest BCUT2D eigenvalue weighted by Gasteiger charge is 2.32. The fourth-order valence-electron chi connectivity index (χ4n) is 5.82. The molecule has 1 saturated heterocycles. The van der Waals surface area contributed by atoms with Crippen LogP contribution in [0.3, 0.4) is 0 Å².